The molecule has 3 rings (SSSR count). The maximum absolute atomic E-state index is 5.29. The monoisotopic (exact) mass is 315 g/mol. The summed E-state index contributed by atoms with van der Waals surface area (Å²) in [5, 5.41) is 3.47. The highest BCUT2D eigenvalue weighted by molar-refractivity contribution is 5.80. The van der Waals surface area contributed by atoms with Gasteiger partial charge in [0.1, 0.15) is 5.75 Å². The summed E-state index contributed by atoms with van der Waals surface area (Å²) < 4.78 is 5.29. The molecule has 2 fully saturated rings. The van der Waals surface area contributed by atoms with Crippen LogP contribution in [0.1, 0.15) is 38.2 Å². The molecule has 0 amide bonds. The number of ether oxygens (including phenoxy) is 1. The number of likely N-dealkylation sites (tertiary alicyclic amines) is 1. The first-order valence-electron chi connectivity index (χ1n) is 8.91. The first-order valence-corrected chi connectivity index (χ1v) is 8.91. The molecule has 4 heteroatoms. The van der Waals surface area contributed by atoms with Crippen molar-refractivity contribution >= 4 is 5.96 Å². The number of hydrogen-bond donors (Lipinski definition) is 1. The molecule has 0 aromatic heterocycles. The second kappa shape index (κ2) is 7.24. The van der Waals surface area contributed by atoms with Gasteiger partial charge in [-0.3, -0.25) is 4.99 Å². The predicted octanol–water partition coefficient (Wildman–Crippen LogP) is 3.08. The molecule has 23 heavy (non-hydrogen) atoms. The summed E-state index contributed by atoms with van der Waals surface area (Å²) in [5.74, 6) is 2.02. The third-order valence-electron chi connectivity index (χ3n) is 5.28. The predicted molar refractivity (Wildman–Crippen MR) is 95.2 cm³/mol. The zero-order chi connectivity index (χ0) is 16.1. The van der Waals surface area contributed by atoms with Gasteiger partial charge in [-0.05, 0) is 55.7 Å². The molecule has 0 bridgehead atoms. The summed E-state index contributed by atoms with van der Waals surface area (Å²) in [6.45, 7) is 6.25. The minimum atomic E-state index is 0.614. The summed E-state index contributed by atoms with van der Waals surface area (Å²) in [6.07, 6.45) is 6.52. The van der Waals surface area contributed by atoms with Crippen LogP contribution in [-0.2, 0) is 6.42 Å². The van der Waals surface area contributed by atoms with Gasteiger partial charge in [-0.15, -0.1) is 0 Å². The van der Waals surface area contributed by atoms with E-state index in [-0.39, 0.29) is 0 Å². The molecule has 0 radical (unpaired) electrons. The fourth-order valence-electron chi connectivity index (χ4n) is 3.75. The van der Waals surface area contributed by atoms with Crippen LogP contribution < -0.4 is 10.1 Å². The van der Waals surface area contributed by atoms with E-state index < -0.39 is 0 Å². The van der Waals surface area contributed by atoms with Crippen LogP contribution in [0.3, 0.4) is 0 Å². The van der Waals surface area contributed by atoms with Crippen molar-refractivity contribution in [2.45, 2.75) is 39.0 Å². The lowest BCUT2D eigenvalue weighted by Crippen LogP contribution is -2.42. The van der Waals surface area contributed by atoms with Crippen LogP contribution in [0.4, 0.5) is 0 Å². The zero-order valence-corrected chi connectivity index (χ0v) is 14.5. The van der Waals surface area contributed by atoms with Crippen LogP contribution >= 0.6 is 0 Å². The summed E-state index contributed by atoms with van der Waals surface area (Å²) in [4.78, 5) is 7.33. The fraction of sp³-hybridized carbons (Fsp3) is 0.632. The van der Waals surface area contributed by atoms with Crippen molar-refractivity contribution in [1.29, 1.82) is 0 Å². The lowest BCUT2D eigenvalue weighted by atomic mass is 9.68. The zero-order valence-electron chi connectivity index (χ0n) is 14.5. The molecule has 1 aliphatic carbocycles. The van der Waals surface area contributed by atoms with Gasteiger partial charge in [0, 0.05) is 26.2 Å². The van der Waals surface area contributed by atoms with E-state index in [0.717, 1.165) is 37.8 Å². The average molecular weight is 315 g/mol. The number of rotatable bonds is 5. The van der Waals surface area contributed by atoms with E-state index in [1.807, 2.05) is 12.1 Å². The van der Waals surface area contributed by atoms with Crippen molar-refractivity contribution in [1.82, 2.24) is 10.2 Å². The third-order valence-corrected chi connectivity index (χ3v) is 5.28. The Hall–Kier alpha value is -1.71. The molecule has 1 saturated carbocycles. The normalized spacial score (nSPS) is 19.7. The molecule has 1 N–H and O–H groups in total. The Morgan fingerprint density at radius 2 is 2.22 bits per heavy atom. The van der Waals surface area contributed by atoms with Gasteiger partial charge in [-0.2, -0.15) is 0 Å². The van der Waals surface area contributed by atoms with E-state index in [0.29, 0.717) is 5.41 Å². The van der Waals surface area contributed by atoms with Crippen molar-refractivity contribution in [2.75, 3.05) is 33.3 Å². The summed E-state index contributed by atoms with van der Waals surface area (Å²) >= 11 is 0. The minimum absolute atomic E-state index is 0.614. The molecule has 4 nitrogen and oxygen atoms in total. The number of nitrogens with one attached hydrogen (secondary N) is 1. The lowest BCUT2D eigenvalue weighted by Gasteiger charge is -2.38. The van der Waals surface area contributed by atoms with Gasteiger partial charge in [0.25, 0.3) is 0 Å². The SMILES string of the molecule is CCNC(=NCCc1cccc(OC)c1)N1CCC2(CCC2)C1. The number of aliphatic imine (C=N–C) groups is 1. The van der Waals surface area contributed by atoms with E-state index in [4.69, 9.17) is 9.73 Å². The second-order valence-electron chi connectivity index (χ2n) is 6.86. The van der Waals surface area contributed by atoms with Crippen LogP contribution in [-0.4, -0.2) is 44.1 Å². The van der Waals surface area contributed by atoms with Gasteiger partial charge >= 0.3 is 0 Å². The van der Waals surface area contributed by atoms with Gasteiger partial charge < -0.3 is 15.0 Å². The molecule has 1 heterocycles. The highest BCUT2D eigenvalue weighted by Crippen LogP contribution is 2.47. The number of guanidine groups is 1. The molecule has 126 valence electrons. The van der Waals surface area contributed by atoms with Crippen molar-refractivity contribution in [2.24, 2.45) is 10.4 Å². The summed E-state index contributed by atoms with van der Waals surface area (Å²) in [5.41, 5.74) is 1.89. The molecule has 1 saturated heterocycles. The first kappa shape index (κ1) is 16.2. The molecule has 1 spiro atoms. The molecular formula is C19H29N3O. The van der Waals surface area contributed by atoms with E-state index in [1.165, 1.54) is 37.8 Å². The smallest absolute Gasteiger partial charge is 0.193 e. The molecule has 0 atom stereocenters. The van der Waals surface area contributed by atoms with Crippen molar-refractivity contribution in [3.8, 4) is 5.75 Å². The number of hydrogen-bond acceptors (Lipinski definition) is 2. The number of nitrogens with zero attached hydrogens (tertiary/aromatic N) is 2. The lowest BCUT2D eigenvalue weighted by molar-refractivity contribution is 0.151. The fourth-order valence-corrected chi connectivity index (χ4v) is 3.75. The summed E-state index contributed by atoms with van der Waals surface area (Å²) in [7, 11) is 1.71. The topological polar surface area (TPSA) is 36.9 Å². The quantitative estimate of drug-likeness (QED) is 0.670. The van der Waals surface area contributed by atoms with Gasteiger partial charge in [-0.25, -0.2) is 0 Å². The highest BCUT2D eigenvalue weighted by atomic mass is 16.5. The van der Waals surface area contributed by atoms with Crippen molar-refractivity contribution in [3.63, 3.8) is 0 Å². The molecule has 1 aromatic rings. The third kappa shape index (κ3) is 3.80. The standard InChI is InChI=1S/C19H29N3O/c1-3-20-18(22-13-11-19(15-22)9-5-10-19)21-12-8-16-6-4-7-17(14-16)23-2/h4,6-7,14H,3,5,8-13,15H2,1-2H3,(H,20,21). The van der Waals surface area contributed by atoms with E-state index in [2.05, 4.69) is 29.3 Å². The average Bonchev–Trinajstić information content (AvgIpc) is 3.00. The van der Waals surface area contributed by atoms with Gasteiger partial charge in [0.05, 0.1) is 7.11 Å². The Morgan fingerprint density at radius 1 is 1.35 bits per heavy atom. The Labute approximate surface area is 139 Å². The first-order chi connectivity index (χ1) is 11.2. The maximum atomic E-state index is 5.29. The Morgan fingerprint density at radius 3 is 2.87 bits per heavy atom. The number of methoxy groups -OCH3 is 1. The highest BCUT2D eigenvalue weighted by Gasteiger charge is 2.43. The van der Waals surface area contributed by atoms with Crippen LogP contribution in [0.2, 0.25) is 0 Å². The molecule has 1 aromatic carbocycles. The molecule has 2 aliphatic rings. The second-order valence-corrected chi connectivity index (χ2v) is 6.86. The Kier molecular flexibility index (Phi) is 5.09. The molecule has 0 unspecified atom stereocenters. The van der Waals surface area contributed by atoms with Gasteiger partial charge in [0.15, 0.2) is 5.96 Å². The maximum Gasteiger partial charge on any atom is 0.193 e. The van der Waals surface area contributed by atoms with Crippen molar-refractivity contribution < 1.29 is 4.74 Å². The minimum Gasteiger partial charge on any atom is -0.497 e. The van der Waals surface area contributed by atoms with Crippen molar-refractivity contribution in [3.05, 3.63) is 29.8 Å². The van der Waals surface area contributed by atoms with E-state index in [9.17, 15) is 0 Å². The van der Waals surface area contributed by atoms with Crippen LogP contribution in [0.25, 0.3) is 0 Å². The molecule has 1 aliphatic heterocycles. The molecular weight excluding hydrogens is 286 g/mol. The Bertz CT molecular complexity index is 551. The van der Waals surface area contributed by atoms with E-state index in [1.54, 1.807) is 7.11 Å². The van der Waals surface area contributed by atoms with Crippen LogP contribution in [0.5, 0.6) is 5.75 Å². The van der Waals surface area contributed by atoms with Gasteiger partial charge in [0.2, 0.25) is 0 Å². The number of benzene rings is 1. The Balaban J connectivity index is 1.58. The van der Waals surface area contributed by atoms with Crippen LogP contribution in [0, 0.1) is 5.41 Å². The largest absolute Gasteiger partial charge is 0.497 e. The summed E-state index contributed by atoms with van der Waals surface area (Å²) in [6, 6.07) is 8.27. The van der Waals surface area contributed by atoms with Crippen LogP contribution in [0.15, 0.2) is 29.3 Å². The van der Waals surface area contributed by atoms with E-state index >= 15 is 0 Å². The van der Waals surface area contributed by atoms with Gasteiger partial charge in [-0.1, -0.05) is 18.6 Å².